The van der Waals surface area contributed by atoms with Crippen LogP contribution in [0.1, 0.15) is 31.7 Å². The van der Waals surface area contributed by atoms with Crippen LogP contribution in [0.4, 0.5) is 0 Å². The van der Waals surface area contributed by atoms with Crippen LogP contribution in [0.5, 0.6) is 0 Å². The molecule has 0 bridgehead atoms. The molecular formula is C18H23N3O3. The Bertz CT molecular complexity index is 692. The monoisotopic (exact) mass is 329 g/mol. The summed E-state index contributed by atoms with van der Waals surface area (Å²) in [5, 5.41) is 5.32. The average Bonchev–Trinajstić information content (AvgIpc) is 3.03. The van der Waals surface area contributed by atoms with Gasteiger partial charge < -0.3 is 15.1 Å². The second kappa shape index (κ2) is 8.29. The van der Waals surface area contributed by atoms with E-state index >= 15 is 0 Å². The Morgan fingerprint density at radius 2 is 1.96 bits per heavy atom. The minimum absolute atomic E-state index is 0.191. The topological polar surface area (TPSA) is 84.2 Å². The molecule has 2 amide bonds. The number of oxazole rings is 1. The fraction of sp³-hybridized carbons (Fsp3) is 0.389. The number of hydrogen-bond acceptors (Lipinski definition) is 4. The van der Waals surface area contributed by atoms with Gasteiger partial charge in [-0.2, -0.15) is 0 Å². The first-order valence-electron chi connectivity index (χ1n) is 8.08. The van der Waals surface area contributed by atoms with Crippen molar-refractivity contribution in [3.63, 3.8) is 0 Å². The van der Waals surface area contributed by atoms with Crippen LogP contribution < -0.4 is 10.6 Å². The molecule has 6 nitrogen and oxygen atoms in total. The summed E-state index contributed by atoms with van der Waals surface area (Å²) in [6, 6.07) is 7.41. The molecule has 24 heavy (non-hydrogen) atoms. The maximum Gasteiger partial charge on any atom is 0.242 e. The SMILES string of the molecule is CCNC(=O)[C@@H](C)NC(=O)CCc1ncc(-c2ccc(C)cc2)o1. The lowest BCUT2D eigenvalue weighted by atomic mass is 10.1. The first-order chi connectivity index (χ1) is 11.5. The molecule has 2 rings (SSSR count). The lowest BCUT2D eigenvalue weighted by molar-refractivity contribution is -0.128. The van der Waals surface area contributed by atoms with Crippen molar-refractivity contribution in [3.05, 3.63) is 41.9 Å². The second-order valence-corrected chi connectivity index (χ2v) is 5.67. The molecule has 1 aromatic carbocycles. The molecule has 1 aromatic heterocycles. The molecule has 0 aliphatic heterocycles. The number of nitrogens with zero attached hydrogens (tertiary/aromatic N) is 1. The van der Waals surface area contributed by atoms with Crippen molar-refractivity contribution in [3.8, 4) is 11.3 Å². The molecule has 1 heterocycles. The number of amides is 2. The third kappa shape index (κ3) is 4.94. The molecular weight excluding hydrogens is 306 g/mol. The normalized spacial score (nSPS) is 11.8. The van der Waals surface area contributed by atoms with Gasteiger partial charge >= 0.3 is 0 Å². The Morgan fingerprint density at radius 1 is 1.25 bits per heavy atom. The van der Waals surface area contributed by atoms with E-state index in [0.717, 1.165) is 5.56 Å². The van der Waals surface area contributed by atoms with Crippen LogP contribution >= 0.6 is 0 Å². The number of likely N-dealkylation sites (N-methyl/N-ethyl adjacent to an activating group) is 1. The summed E-state index contributed by atoms with van der Waals surface area (Å²) in [5.41, 5.74) is 2.13. The van der Waals surface area contributed by atoms with Gasteiger partial charge in [0.05, 0.1) is 6.20 Å². The predicted octanol–water partition coefficient (Wildman–Crippen LogP) is 2.22. The molecule has 2 aromatic rings. The summed E-state index contributed by atoms with van der Waals surface area (Å²) in [7, 11) is 0. The molecule has 0 aliphatic rings. The summed E-state index contributed by atoms with van der Waals surface area (Å²) in [5.74, 6) is 0.792. The number of carbonyl (C=O) groups excluding carboxylic acids is 2. The summed E-state index contributed by atoms with van der Waals surface area (Å²) in [4.78, 5) is 27.7. The van der Waals surface area contributed by atoms with Gasteiger partial charge in [0, 0.05) is 24.9 Å². The average molecular weight is 329 g/mol. The third-order valence-electron chi connectivity index (χ3n) is 3.58. The van der Waals surface area contributed by atoms with Crippen molar-refractivity contribution in [2.24, 2.45) is 0 Å². The lowest BCUT2D eigenvalue weighted by Crippen LogP contribution is -2.44. The Kier molecular flexibility index (Phi) is 6.12. The van der Waals surface area contributed by atoms with Gasteiger partial charge in [-0.1, -0.05) is 29.8 Å². The van der Waals surface area contributed by atoms with Gasteiger partial charge in [-0.15, -0.1) is 0 Å². The number of aryl methyl sites for hydroxylation is 2. The first kappa shape index (κ1) is 17.7. The second-order valence-electron chi connectivity index (χ2n) is 5.67. The van der Waals surface area contributed by atoms with Gasteiger partial charge in [-0.05, 0) is 20.8 Å². The van der Waals surface area contributed by atoms with Crippen molar-refractivity contribution in [1.82, 2.24) is 15.6 Å². The van der Waals surface area contributed by atoms with Crippen LogP contribution in [0, 0.1) is 6.92 Å². The van der Waals surface area contributed by atoms with E-state index < -0.39 is 6.04 Å². The highest BCUT2D eigenvalue weighted by atomic mass is 16.4. The molecule has 0 fully saturated rings. The maximum absolute atomic E-state index is 11.9. The molecule has 0 unspecified atom stereocenters. The molecule has 1 atom stereocenters. The van der Waals surface area contributed by atoms with E-state index in [1.54, 1.807) is 13.1 Å². The highest BCUT2D eigenvalue weighted by molar-refractivity contribution is 5.87. The zero-order valence-corrected chi connectivity index (χ0v) is 14.3. The summed E-state index contributed by atoms with van der Waals surface area (Å²) in [6.07, 6.45) is 2.27. The molecule has 0 aliphatic carbocycles. The van der Waals surface area contributed by atoms with Crippen LogP contribution in [-0.2, 0) is 16.0 Å². The van der Waals surface area contributed by atoms with E-state index in [9.17, 15) is 9.59 Å². The van der Waals surface area contributed by atoms with Crippen molar-refractivity contribution in [1.29, 1.82) is 0 Å². The van der Waals surface area contributed by atoms with Crippen molar-refractivity contribution < 1.29 is 14.0 Å². The molecule has 0 saturated carbocycles. The number of nitrogens with one attached hydrogen (secondary N) is 2. The van der Waals surface area contributed by atoms with Gasteiger partial charge in [-0.25, -0.2) is 4.98 Å². The number of hydrogen-bond donors (Lipinski definition) is 2. The highest BCUT2D eigenvalue weighted by Crippen LogP contribution is 2.21. The third-order valence-corrected chi connectivity index (χ3v) is 3.58. The minimum Gasteiger partial charge on any atom is -0.441 e. The van der Waals surface area contributed by atoms with E-state index in [2.05, 4.69) is 15.6 Å². The van der Waals surface area contributed by atoms with Crippen molar-refractivity contribution >= 4 is 11.8 Å². The van der Waals surface area contributed by atoms with Crippen LogP contribution in [0.15, 0.2) is 34.9 Å². The molecule has 128 valence electrons. The van der Waals surface area contributed by atoms with E-state index in [1.807, 2.05) is 38.1 Å². The molecule has 0 radical (unpaired) electrons. The van der Waals surface area contributed by atoms with Crippen LogP contribution in [-0.4, -0.2) is 29.4 Å². The summed E-state index contributed by atoms with van der Waals surface area (Å²) < 4.78 is 5.68. The largest absolute Gasteiger partial charge is 0.441 e. The van der Waals surface area contributed by atoms with E-state index in [0.29, 0.717) is 24.6 Å². The minimum atomic E-state index is -0.551. The van der Waals surface area contributed by atoms with Gasteiger partial charge in [0.25, 0.3) is 0 Å². The van der Waals surface area contributed by atoms with Crippen LogP contribution in [0.25, 0.3) is 11.3 Å². The Labute approximate surface area is 141 Å². The Morgan fingerprint density at radius 3 is 2.62 bits per heavy atom. The fourth-order valence-electron chi connectivity index (χ4n) is 2.20. The zero-order valence-electron chi connectivity index (χ0n) is 14.3. The van der Waals surface area contributed by atoms with E-state index in [4.69, 9.17) is 4.42 Å². The maximum atomic E-state index is 11.9. The quantitative estimate of drug-likeness (QED) is 0.816. The van der Waals surface area contributed by atoms with Crippen molar-refractivity contribution in [2.45, 2.75) is 39.7 Å². The molecule has 0 saturated heterocycles. The van der Waals surface area contributed by atoms with Gasteiger partial charge in [-0.3, -0.25) is 9.59 Å². The first-order valence-corrected chi connectivity index (χ1v) is 8.08. The number of benzene rings is 1. The van der Waals surface area contributed by atoms with Gasteiger partial charge in [0.15, 0.2) is 11.7 Å². The number of rotatable bonds is 7. The smallest absolute Gasteiger partial charge is 0.242 e. The van der Waals surface area contributed by atoms with Crippen molar-refractivity contribution in [2.75, 3.05) is 6.54 Å². The fourth-order valence-corrected chi connectivity index (χ4v) is 2.20. The number of carbonyl (C=O) groups is 2. The van der Waals surface area contributed by atoms with Crippen LogP contribution in [0.2, 0.25) is 0 Å². The standard InChI is InChI=1S/C18H23N3O3/c1-4-19-18(23)13(3)21-16(22)9-10-17-20-11-15(24-17)14-7-5-12(2)6-8-14/h5-8,11,13H,4,9-10H2,1-3H3,(H,19,23)(H,21,22)/t13-/m1/s1. The number of aromatic nitrogens is 1. The molecule has 0 spiro atoms. The molecule has 2 N–H and O–H groups in total. The van der Waals surface area contributed by atoms with E-state index in [-0.39, 0.29) is 18.2 Å². The molecule has 6 heteroatoms. The summed E-state index contributed by atoms with van der Waals surface area (Å²) >= 11 is 0. The predicted molar refractivity (Wildman–Crippen MR) is 91.3 cm³/mol. The van der Waals surface area contributed by atoms with Gasteiger partial charge in [0.2, 0.25) is 11.8 Å². The lowest BCUT2D eigenvalue weighted by Gasteiger charge is -2.12. The van der Waals surface area contributed by atoms with Crippen LogP contribution in [0.3, 0.4) is 0 Å². The van der Waals surface area contributed by atoms with E-state index in [1.165, 1.54) is 5.56 Å². The zero-order chi connectivity index (χ0) is 17.5. The Balaban J connectivity index is 1.85. The van der Waals surface area contributed by atoms with Gasteiger partial charge in [0.1, 0.15) is 6.04 Å². The summed E-state index contributed by atoms with van der Waals surface area (Å²) in [6.45, 7) is 6.05. The highest BCUT2D eigenvalue weighted by Gasteiger charge is 2.15. The Hall–Kier alpha value is -2.63.